The van der Waals surface area contributed by atoms with E-state index < -0.39 is 0 Å². The Morgan fingerprint density at radius 2 is 2.00 bits per heavy atom. The maximum Gasteiger partial charge on any atom is 0.341 e. The Morgan fingerprint density at radius 3 is 2.79 bits per heavy atom. The quantitative estimate of drug-likeness (QED) is 0.182. The van der Waals surface area contributed by atoms with Gasteiger partial charge in [-0.05, 0) is 56.2 Å². The number of thiophene rings is 2. The number of thioether (sulfide) groups is 1. The summed E-state index contributed by atoms with van der Waals surface area (Å²) in [6.07, 6.45) is 4.84. The lowest BCUT2D eigenvalue weighted by Gasteiger charge is -2.12. The van der Waals surface area contributed by atoms with Gasteiger partial charge >= 0.3 is 5.97 Å². The number of hydrogen-bond acceptors (Lipinski definition) is 7. The molecule has 5 rings (SSSR count). The molecule has 2 N–H and O–H groups in total. The molecular weight excluding hydrogens is 539 g/mol. The maximum absolute atomic E-state index is 13.2. The van der Waals surface area contributed by atoms with Crippen molar-refractivity contribution in [3.63, 3.8) is 0 Å². The molecular formula is C28H29N3O4S3. The van der Waals surface area contributed by atoms with Crippen LogP contribution in [0.1, 0.15) is 50.7 Å². The molecule has 0 saturated carbocycles. The molecule has 0 radical (unpaired) electrons. The highest BCUT2D eigenvalue weighted by atomic mass is 32.2. The number of benzene rings is 1. The number of nitrogens with zero attached hydrogens (tertiary/aromatic N) is 1. The van der Waals surface area contributed by atoms with Gasteiger partial charge in [0.05, 0.1) is 22.3 Å². The summed E-state index contributed by atoms with van der Waals surface area (Å²) in [7, 11) is 0. The lowest BCUT2D eigenvalue weighted by atomic mass is 10.1. The van der Waals surface area contributed by atoms with Gasteiger partial charge in [0.25, 0.3) is 5.91 Å². The summed E-state index contributed by atoms with van der Waals surface area (Å²) in [5.74, 6) is -0.588. The van der Waals surface area contributed by atoms with E-state index in [2.05, 4.69) is 15.2 Å². The molecule has 1 aliphatic carbocycles. The molecule has 10 heteroatoms. The van der Waals surface area contributed by atoms with Gasteiger partial charge in [0.2, 0.25) is 5.91 Å². The number of para-hydroxylation sites is 1. The van der Waals surface area contributed by atoms with Crippen molar-refractivity contribution in [1.29, 1.82) is 0 Å². The third-order valence-corrected chi connectivity index (χ3v) is 9.67. The number of fused-ring (bicyclic) bond motifs is 2. The maximum atomic E-state index is 13.2. The van der Waals surface area contributed by atoms with Gasteiger partial charge < -0.3 is 19.9 Å². The van der Waals surface area contributed by atoms with Crippen molar-refractivity contribution in [2.45, 2.75) is 49.8 Å². The van der Waals surface area contributed by atoms with Crippen molar-refractivity contribution in [2.24, 2.45) is 0 Å². The first-order valence-electron chi connectivity index (χ1n) is 12.6. The Morgan fingerprint density at radius 1 is 1.16 bits per heavy atom. The lowest BCUT2D eigenvalue weighted by Crippen LogP contribution is -2.26. The number of ether oxygens (including phenoxy) is 1. The summed E-state index contributed by atoms with van der Waals surface area (Å²) in [6, 6.07) is 11.7. The van der Waals surface area contributed by atoms with Crippen molar-refractivity contribution in [1.82, 2.24) is 9.88 Å². The summed E-state index contributed by atoms with van der Waals surface area (Å²) >= 11 is 4.40. The molecule has 2 amide bonds. The summed E-state index contributed by atoms with van der Waals surface area (Å²) < 4.78 is 7.40. The topological polar surface area (TPSA) is 89.4 Å². The van der Waals surface area contributed by atoms with E-state index in [1.54, 1.807) is 6.92 Å². The predicted octanol–water partition coefficient (Wildman–Crippen LogP) is 5.98. The number of nitrogens with one attached hydrogen (secondary N) is 2. The first kappa shape index (κ1) is 26.5. The molecule has 0 fully saturated rings. The minimum absolute atomic E-state index is 0.0712. The Hall–Kier alpha value is -3.08. The number of rotatable bonds is 10. The second-order valence-electron chi connectivity index (χ2n) is 8.97. The normalized spacial score (nSPS) is 13.3. The number of hydrogen-bond donors (Lipinski definition) is 2. The summed E-state index contributed by atoms with van der Waals surface area (Å²) in [6.45, 7) is 5.07. The molecule has 3 heterocycles. The molecule has 198 valence electrons. The van der Waals surface area contributed by atoms with E-state index in [0.29, 0.717) is 35.1 Å². The smallest absolute Gasteiger partial charge is 0.341 e. The third kappa shape index (κ3) is 5.52. The van der Waals surface area contributed by atoms with E-state index in [4.69, 9.17) is 4.74 Å². The molecule has 7 nitrogen and oxygen atoms in total. The largest absolute Gasteiger partial charge is 0.462 e. The van der Waals surface area contributed by atoms with Crippen LogP contribution in [0.5, 0.6) is 0 Å². The molecule has 38 heavy (non-hydrogen) atoms. The molecule has 1 aliphatic rings. The highest BCUT2D eigenvalue weighted by molar-refractivity contribution is 8.00. The van der Waals surface area contributed by atoms with Gasteiger partial charge in [-0.1, -0.05) is 24.3 Å². The van der Waals surface area contributed by atoms with Crippen LogP contribution < -0.4 is 10.6 Å². The molecule has 0 aliphatic heterocycles. The Labute approximate surface area is 233 Å². The van der Waals surface area contributed by atoms with Gasteiger partial charge in [-0.3, -0.25) is 9.59 Å². The standard InChI is InChI=1S/C28H29N3O4S3/c1-3-35-28(34)24-19-9-6-11-21(19)38-27(24)30-25(32)17(2)37-23-16-31(20-10-5-4-8-18(20)23)14-13-29-26(33)22-12-7-15-36-22/h4-5,7-8,10,12,15-17H,3,6,9,11,13-14H2,1-2H3,(H,29,33)(H,30,32)/t17-/m0/s1. The van der Waals surface area contributed by atoms with Crippen LogP contribution in [0.4, 0.5) is 5.00 Å². The fraction of sp³-hybridized carbons (Fsp3) is 0.321. The minimum Gasteiger partial charge on any atom is -0.462 e. The fourth-order valence-electron chi connectivity index (χ4n) is 4.65. The molecule has 3 aromatic heterocycles. The Kier molecular flexibility index (Phi) is 8.21. The number of anilines is 1. The highest BCUT2D eigenvalue weighted by Crippen LogP contribution is 2.40. The highest BCUT2D eigenvalue weighted by Gasteiger charge is 2.29. The number of amides is 2. The third-order valence-electron chi connectivity index (χ3n) is 6.45. The average molecular weight is 568 g/mol. The molecule has 0 bridgehead atoms. The Balaban J connectivity index is 1.28. The average Bonchev–Trinajstić information content (AvgIpc) is 3.69. The van der Waals surface area contributed by atoms with Gasteiger partial charge in [-0.15, -0.1) is 34.4 Å². The first-order valence-corrected chi connectivity index (χ1v) is 15.2. The molecule has 0 spiro atoms. The van der Waals surface area contributed by atoms with E-state index in [1.807, 2.05) is 54.9 Å². The van der Waals surface area contributed by atoms with Crippen LogP contribution in [0.2, 0.25) is 0 Å². The van der Waals surface area contributed by atoms with Crippen LogP contribution in [0, 0.1) is 0 Å². The van der Waals surface area contributed by atoms with Crippen molar-refractivity contribution < 1.29 is 19.1 Å². The number of carbonyl (C=O) groups is 3. The second-order valence-corrected chi connectivity index (χ2v) is 12.4. The van der Waals surface area contributed by atoms with E-state index >= 15 is 0 Å². The number of aryl methyl sites for hydroxylation is 1. The van der Waals surface area contributed by atoms with E-state index in [0.717, 1.165) is 45.5 Å². The van der Waals surface area contributed by atoms with Crippen molar-refractivity contribution in [3.05, 3.63) is 68.9 Å². The fourth-order valence-corrected chi connectivity index (χ4v) is 7.60. The molecule has 1 aromatic carbocycles. The SMILES string of the molecule is CCOC(=O)c1c(NC(=O)[C@H](C)Sc2cn(CCNC(=O)c3cccs3)c3ccccc23)sc2c1CCC2. The number of carbonyl (C=O) groups excluding carboxylic acids is 3. The molecule has 0 saturated heterocycles. The monoisotopic (exact) mass is 567 g/mol. The van der Waals surface area contributed by atoms with Crippen LogP contribution in [-0.4, -0.2) is 40.8 Å². The van der Waals surface area contributed by atoms with E-state index in [-0.39, 0.29) is 23.0 Å². The van der Waals surface area contributed by atoms with Crippen LogP contribution in [-0.2, 0) is 28.9 Å². The van der Waals surface area contributed by atoms with Crippen LogP contribution >= 0.6 is 34.4 Å². The number of aromatic nitrogens is 1. The Bertz CT molecular complexity index is 1470. The minimum atomic E-state index is -0.389. The summed E-state index contributed by atoms with van der Waals surface area (Å²) in [5.41, 5.74) is 2.60. The zero-order valence-corrected chi connectivity index (χ0v) is 23.7. The van der Waals surface area contributed by atoms with Crippen molar-refractivity contribution in [3.8, 4) is 0 Å². The molecule has 1 atom stereocenters. The zero-order valence-electron chi connectivity index (χ0n) is 21.2. The van der Waals surface area contributed by atoms with Gasteiger partial charge in [0.15, 0.2) is 0 Å². The zero-order chi connectivity index (χ0) is 26.6. The van der Waals surface area contributed by atoms with E-state index in [9.17, 15) is 14.4 Å². The van der Waals surface area contributed by atoms with Gasteiger partial charge in [0, 0.05) is 40.0 Å². The van der Waals surface area contributed by atoms with Crippen LogP contribution in [0.25, 0.3) is 10.9 Å². The van der Waals surface area contributed by atoms with Gasteiger partial charge in [0.1, 0.15) is 5.00 Å². The van der Waals surface area contributed by atoms with Crippen molar-refractivity contribution >= 4 is 68.1 Å². The summed E-state index contributed by atoms with van der Waals surface area (Å²) in [4.78, 5) is 41.1. The van der Waals surface area contributed by atoms with Gasteiger partial charge in [-0.2, -0.15) is 0 Å². The number of esters is 1. The molecule has 0 unspecified atom stereocenters. The first-order chi connectivity index (χ1) is 18.5. The predicted molar refractivity (Wildman–Crippen MR) is 155 cm³/mol. The van der Waals surface area contributed by atoms with Gasteiger partial charge in [-0.25, -0.2) is 4.79 Å². The second kappa shape index (κ2) is 11.8. The lowest BCUT2D eigenvalue weighted by molar-refractivity contribution is -0.115. The molecule has 4 aromatic rings. The summed E-state index contributed by atoms with van der Waals surface area (Å²) in [5, 5.41) is 9.14. The van der Waals surface area contributed by atoms with Crippen LogP contribution in [0.15, 0.2) is 52.9 Å². The van der Waals surface area contributed by atoms with Crippen LogP contribution in [0.3, 0.4) is 0 Å². The van der Waals surface area contributed by atoms with Crippen molar-refractivity contribution in [2.75, 3.05) is 18.5 Å². The van der Waals surface area contributed by atoms with E-state index in [1.165, 1.54) is 34.4 Å².